The standard InChI is InChI=1S/C15H26N2O3S/c1-11(2)16-9-8-13-10-14(20-5)6-7-15(13)21(18,19)17-12(3)4/h6-7,10-12,16-17H,8-9H2,1-5H3. The summed E-state index contributed by atoms with van der Waals surface area (Å²) in [6.45, 7) is 8.45. The van der Waals surface area contributed by atoms with Crippen molar-refractivity contribution in [2.45, 2.75) is 51.1 Å². The number of rotatable bonds is 8. The van der Waals surface area contributed by atoms with Crippen LogP contribution in [-0.2, 0) is 16.4 Å². The minimum absolute atomic E-state index is 0.140. The molecule has 21 heavy (non-hydrogen) atoms. The van der Waals surface area contributed by atoms with E-state index in [2.05, 4.69) is 23.9 Å². The number of ether oxygens (including phenoxy) is 1. The molecule has 0 atom stereocenters. The Balaban J connectivity index is 3.07. The lowest BCUT2D eigenvalue weighted by Crippen LogP contribution is -2.31. The Morgan fingerprint density at radius 1 is 1.14 bits per heavy atom. The van der Waals surface area contributed by atoms with Crippen LogP contribution < -0.4 is 14.8 Å². The van der Waals surface area contributed by atoms with Crippen LogP contribution in [0.3, 0.4) is 0 Å². The van der Waals surface area contributed by atoms with Crippen molar-refractivity contribution in [1.82, 2.24) is 10.0 Å². The average molecular weight is 314 g/mol. The van der Waals surface area contributed by atoms with E-state index >= 15 is 0 Å². The van der Waals surface area contributed by atoms with E-state index in [0.29, 0.717) is 23.1 Å². The molecule has 120 valence electrons. The third-order valence-corrected chi connectivity index (χ3v) is 4.65. The molecule has 1 rings (SSSR count). The number of hydrogen-bond acceptors (Lipinski definition) is 4. The van der Waals surface area contributed by atoms with Gasteiger partial charge in [0, 0.05) is 12.1 Å². The first-order valence-electron chi connectivity index (χ1n) is 7.19. The predicted molar refractivity (Wildman–Crippen MR) is 85.3 cm³/mol. The van der Waals surface area contributed by atoms with Crippen LogP contribution in [0.5, 0.6) is 5.75 Å². The van der Waals surface area contributed by atoms with Crippen LogP contribution in [-0.4, -0.2) is 34.2 Å². The molecular weight excluding hydrogens is 288 g/mol. The van der Waals surface area contributed by atoms with E-state index in [0.717, 1.165) is 12.1 Å². The molecule has 0 heterocycles. The fourth-order valence-corrected chi connectivity index (χ4v) is 3.51. The van der Waals surface area contributed by atoms with Crippen LogP contribution >= 0.6 is 0 Å². The van der Waals surface area contributed by atoms with Gasteiger partial charge in [-0.15, -0.1) is 0 Å². The van der Waals surface area contributed by atoms with Gasteiger partial charge in [-0.2, -0.15) is 0 Å². The summed E-state index contributed by atoms with van der Waals surface area (Å²) < 4.78 is 32.6. The molecule has 0 saturated carbocycles. The molecule has 1 aromatic carbocycles. The van der Waals surface area contributed by atoms with Gasteiger partial charge in [0.05, 0.1) is 12.0 Å². The smallest absolute Gasteiger partial charge is 0.241 e. The summed E-state index contributed by atoms with van der Waals surface area (Å²) in [5.74, 6) is 0.665. The molecule has 1 aromatic rings. The van der Waals surface area contributed by atoms with Crippen LogP contribution in [0.2, 0.25) is 0 Å². The molecule has 0 bridgehead atoms. The van der Waals surface area contributed by atoms with Crippen molar-refractivity contribution in [2.75, 3.05) is 13.7 Å². The average Bonchev–Trinajstić information content (AvgIpc) is 2.36. The van der Waals surface area contributed by atoms with Gasteiger partial charge < -0.3 is 10.1 Å². The maximum Gasteiger partial charge on any atom is 0.241 e. The number of sulfonamides is 1. The lowest BCUT2D eigenvalue weighted by Gasteiger charge is -2.15. The highest BCUT2D eigenvalue weighted by molar-refractivity contribution is 7.89. The summed E-state index contributed by atoms with van der Waals surface area (Å²) in [4.78, 5) is 0.322. The van der Waals surface area contributed by atoms with Crippen LogP contribution in [0.15, 0.2) is 23.1 Å². The van der Waals surface area contributed by atoms with Crippen molar-refractivity contribution in [3.63, 3.8) is 0 Å². The van der Waals surface area contributed by atoms with E-state index in [9.17, 15) is 8.42 Å². The fraction of sp³-hybridized carbons (Fsp3) is 0.600. The molecule has 0 aliphatic carbocycles. The van der Waals surface area contributed by atoms with Gasteiger partial charge in [-0.3, -0.25) is 0 Å². The van der Waals surface area contributed by atoms with Crippen molar-refractivity contribution in [3.05, 3.63) is 23.8 Å². The highest BCUT2D eigenvalue weighted by atomic mass is 32.2. The molecule has 5 nitrogen and oxygen atoms in total. The largest absolute Gasteiger partial charge is 0.497 e. The summed E-state index contributed by atoms with van der Waals surface area (Å²) in [5, 5.41) is 3.29. The topological polar surface area (TPSA) is 67.4 Å². The maximum atomic E-state index is 12.4. The molecule has 0 amide bonds. The second kappa shape index (κ2) is 7.77. The lowest BCUT2D eigenvalue weighted by molar-refractivity contribution is 0.413. The van der Waals surface area contributed by atoms with Gasteiger partial charge in [0.25, 0.3) is 0 Å². The second-order valence-corrected chi connectivity index (χ2v) is 7.29. The first-order valence-corrected chi connectivity index (χ1v) is 8.67. The van der Waals surface area contributed by atoms with E-state index in [-0.39, 0.29) is 6.04 Å². The van der Waals surface area contributed by atoms with E-state index in [1.54, 1.807) is 39.2 Å². The van der Waals surface area contributed by atoms with Crippen molar-refractivity contribution < 1.29 is 13.2 Å². The zero-order valence-corrected chi connectivity index (χ0v) is 14.3. The SMILES string of the molecule is COc1ccc(S(=O)(=O)NC(C)C)c(CCNC(C)C)c1. The Labute approximate surface area is 128 Å². The van der Waals surface area contributed by atoms with Crippen molar-refractivity contribution in [3.8, 4) is 5.75 Å². The van der Waals surface area contributed by atoms with Gasteiger partial charge in [-0.1, -0.05) is 13.8 Å². The number of hydrogen-bond donors (Lipinski definition) is 2. The molecule has 0 aromatic heterocycles. The van der Waals surface area contributed by atoms with E-state index < -0.39 is 10.0 Å². The molecule has 0 radical (unpaired) electrons. The normalized spacial score (nSPS) is 12.1. The molecule has 0 saturated heterocycles. The molecule has 0 aliphatic heterocycles. The number of benzene rings is 1. The van der Waals surface area contributed by atoms with Crippen molar-refractivity contribution in [2.24, 2.45) is 0 Å². The summed E-state index contributed by atoms with van der Waals surface area (Å²) in [5.41, 5.74) is 0.760. The number of methoxy groups -OCH3 is 1. The zero-order chi connectivity index (χ0) is 16.0. The summed E-state index contributed by atoms with van der Waals surface area (Å²) >= 11 is 0. The van der Waals surface area contributed by atoms with Crippen LogP contribution in [0, 0.1) is 0 Å². The molecule has 0 aliphatic rings. The Kier molecular flexibility index (Phi) is 6.64. The van der Waals surface area contributed by atoms with E-state index in [4.69, 9.17) is 4.74 Å². The Hall–Kier alpha value is -1.11. The summed E-state index contributed by atoms with van der Waals surface area (Å²) in [6.07, 6.45) is 0.629. The Morgan fingerprint density at radius 2 is 1.81 bits per heavy atom. The maximum absolute atomic E-state index is 12.4. The Morgan fingerprint density at radius 3 is 2.33 bits per heavy atom. The van der Waals surface area contributed by atoms with Crippen LogP contribution in [0.4, 0.5) is 0 Å². The van der Waals surface area contributed by atoms with Gasteiger partial charge in [-0.05, 0) is 50.6 Å². The van der Waals surface area contributed by atoms with Gasteiger partial charge in [0.1, 0.15) is 5.75 Å². The molecule has 0 fully saturated rings. The number of nitrogens with one attached hydrogen (secondary N) is 2. The van der Waals surface area contributed by atoms with Gasteiger partial charge in [0.2, 0.25) is 10.0 Å². The monoisotopic (exact) mass is 314 g/mol. The van der Waals surface area contributed by atoms with E-state index in [1.165, 1.54) is 0 Å². The molecule has 0 spiro atoms. The second-order valence-electron chi connectivity index (χ2n) is 5.61. The predicted octanol–water partition coefficient (Wildman–Crippen LogP) is 1.92. The summed E-state index contributed by atoms with van der Waals surface area (Å²) in [6, 6.07) is 5.29. The van der Waals surface area contributed by atoms with Gasteiger partial charge in [0.15, 0.2) is 0 Å². The van der Waals surface area contributed by atoms with Crippen molar-refractivity contribution in [1.29, 1.82) is 0 Å². The molecular formula is C15H26N2O3S. The minimum atomic E-state index is -3.50. The first kappa shape index (κ1) is 17.9. The van der Waals surface area contributed by atoms with Crippen LogP contribution in [0.1, 0.15) is 33.3 Å². The van der Waals surface area contributed by atoms with Crippen molar-refractivity contribution >= 4 is 10.0 Å². The molecule has 0 unspecified atom stereocenters. The Bertz CT molecular complexity index is 554. The van der Waals surface area contributed by atoms with Crippen LogP contribution in [0.25, 0.3) is 0 Å². The fourth-order valence-electron chi connectivity index (χ4n) is 2.01. The van der Waals surface area contributed by atoms with Gasteiger partial charge in [-0.25, -0.2) is 13.1 Å². The highest BCUT2D eigenvalue weighted by Crippen LogP contribution is 2.22. The quantitative estimate of drug-likeness (QED) is 0.769. The first-order chi connectivity index (χ1) is 9.76. The third-order valence-electron chi connectivity index (χ3n) is 2.89. The highest BCUT2D eigenvalue weighted by Gasteiger charge is 2.19. The zero-order valence-electron chi connectivity index (χ0n) is 13.4. The van der Waals surface area contributed by atoms with Gasteiger partial charge >= 0.3 is 0 Å². The molecule has 2 N–H and O–H groups in total. The molecule has 6 heteroatoms. The minimum Gasteiger partial charge on any atom is -0.497 e. The van der Waals surface area contributed by atoms with E-state index in [1.807, 2.05) is 0 Å². The third kappa shape index (κ3) is 5.65. The summed E-state index contributed by atoms with van der Waals surface area (Å²) in [7, 11) is -1.92. The lowest BCUT2D eigenvalue weighted by atomic mass is 10.1.